The number of para-hydroxylation sites is 2. The Bertz CT molecular complexity index is 1410. The highest BCUT2D eigenvalue weighted by Crippen LogP contribution is 2.35. The van der Waals surface area contributed by atoms with E-state index < -0.39 is 6.04 Å². The first kappa shape index (κ1) is 22.2. The highest BCUT2D eigenvalue weighted by molar-refractivity contribution is 9.10. The van der Waals surface area contributed by atoms with E-state index in [4.69, 9.17) is 21.0 Å². The third kappa shape index (κ3) is 4.55. The Morgan fingerprint density at radius 1 is 1.06 bits per heavy atom. The predicted octanol–water partition coefficient (Wildman–Crippen LogP) is 6.27. The zero-order valence-electron chi connectivity index (χ0n) is 18.0. The largest absolute Gasteiger partial charge is 0.423 e. The molecule has 1 amide bonds. The molecule has 1 aliphatic heterocycles. The summed E-state index contributed by atoms with van der Waals surface area (Å²) in [6.45, 7) is 1.84. The maximum absolute atomic E-state index is 13.4. The lowest BCUT2D eigenvalue weighted by atomic mass is 9.95. The molecule has 0 aliphatic carbocycles. The van der Waals surface area contributed by atoms with Crippen molar-refractivity contribution in [1.29, 1.82) is 0 Å². The van der Waals surface area contributed by atoms with Gasteiger partial charge in [0.15, 0.2) is 5.58 Å². The van der Waals surface area contributed by atoms with Crippen molar-refractivity contribution in [2.24, 2.45) is 4.99 Å². The number of allylic oxidation sites excluding steroid dienone is 1. The number of benzene rings is 3. The Labute approximate surface area is 209 Å². The SMILES string of the molecule is CC1=C(C(=O)Nc2ccc(Cl)cc2)C(c2ccccc2Br)N=C(Nc2nc3ccccc3o2)N1. The number of oxazole rings is 1. The van der Waals surface area contributed by atoms with Crippen LogP contribution in [-0.4, -0.2) is 16.9 Å². The van der Waals surface area contributed by atoms with Crippen LogP contribution in [0.25, 0.3) is 11.1 Å². The van der Waals surface area contributed by atoms with Gasteiger partial charge < -0.3 is 15.1 Å². The molecule has 0 saturated heterocycles. The number of fused-ring (bicyclic) bond motifs is 1. The van der Waals surface area contributed by atoms with Gasteiger partial charge in [0, 0.05) is 20.9 Å². The second kappa shape index (κ2) is 9.32. The number of nitrogens with zero attached hydrogens (tertiary/aromatic N) is 2. The van der Waals surface area contributed by atoms with E-state index in [2.05, 4.69) is 36.9 Å². The molecule has 1 aromatic heterocycles. The second-order valence-electron chi connectivity index (χ2n) is 7.64. The van der Waals surface area contributed by atoms with Crippen molar-refractivity contribution in [3.8, 4) is 0 Å². The minimum Gasteiger partial charge on any atom is -0.423 e. The van der Waals surface area contributed by atoms with Gasteiger partial charge in [-0.3, -0.25) is 10.1 Å². The Balaban J connectivity index is 1.49. The normalized spacial score (nSPS) is 15.6. The minimum atomic E-state index is -0.573. The fraction of sp³-hybridized carbons (Fsp3) is 0.0800. The number of aromatic nitrogens is 1. The lowest BCUT2D eigenvalue weighted by molar-refractivity contribution is -0.113. The maximum Gasteiger partial charge on any atom is 0.302 e. The van der Waals surface area contributed by atoms with Crippen LogP contribution in [-0.2, 0) is 4.79 Å². The summed E-state index contributed by atoms with van der Waals surface area (Å²) in [5.41, 5.74) is 4.03. The van der Waals surface area contributed by atoms with Crippen LogP contribution in [0, 0.1) is 0 Å². The molecule has 0 spiro atoms. The van der Waals surface area contributed by atoms with Crippen molar-refractivity contribution in [1.82, 2.24) is 10.3 Å². The summed E-state index contributed by atoms with van der Waals surface area (Å²) in [5.74, 6) is 0.158. The van der Waals surface area contributed by atoms with Gasteiger partial charge >= 0.3 is 6.01 Å². The van der Waals surface area contributed by atoms with Crippen molar-refractivity contribution in [3.05, 3.63) is 99.1 Å². The van der Waals surface area contributed by atoms with Crippen LogP contribution in [0.5, 0.6) is 0 Å². The van der Waals surface area contributed by atoms with Crippen LogP contribution < -0.4 is 16.0 Å². The van der Waals surface area contributed by atoms with Gasteiger partial charge in [0.25, 0.3) is 5.91 Å². The molecule has 34 heavy (non-hydrogen) atoms. The van der Waals surface area contributed by atoms with Gasteiger partial charge in [-0.25, -0.2) is 4.99 Å². The van der Waals surface area contributed by atoms with E-state index in [1.54, 1.807) is 24.3 Å². The molecule has 7 nitrogen and oxygen atoms in total. The number of guanidine groups is 1. The molecule has 0 fully saturated rings. The fourth-order valence-corrected chi connectivity index (χ4v) is 4.34. The van der Waals surface area contributed by atoms with Crippen molar-refractivity contribution in [2.75, 3.05) is 10.6 Å². The van der Waals surface area contributed by atoms with E-state index in [9.17, 15) is 4.79 Å². The molecule has 3 N–H and O–H groups in total. The number of carbonyl (C=O) groups excluding carboxylic acids is 1. The first-order valence-corrected chi connectivity index (χ1v) is 11.6. The van der Waals surface area contributed by atoms with E-state index in [1.165, 1.54) is 0 Å². The molecule has 2 heterocycles. The molecule has 5 rings (SSSR count). The highest BCUT2D eigenvalue weighted by atomic mass is 79.9. The van der Waals surface area contributed by atoms with E-state index >= 15 is 0 Å². The number of amides is 1. The van der Waals surface area contributed by atoms with Gasteiger partial charge in [0.2, 0.25) is 5.96 Å². The van der Waals surface area contributed by atoms with Crippen LogP contribution in [0.4, 0.5) is 11.7 Å². The molecule has 0 bridgehead atoms. The summed E-state index contributed by atoms with van der Waals surface area (Å²) < 4.78 is 6.62. The molecule has 1 unspecified atom stereocenters. The first-order valence-electron chi connectivity index (χ1n) is 10.5. The molecule has 4 aromatic rings. The number of hydrogen-bond acceptors (Lipinski definition) is 6. The van der Waals surface area contributed by atoms with E-state index in [0.29, 0.717) is 39.5 Å². The topological polar surface area (TPSA) is 91.5 Å². The Hall–Kier alpha value is -3.62. The standard InChI is InChI=1S/C25H19BrClN5O2/c1-14-21(23(33)29-16-12-10-15(27)11-13-16)22(17-6-2-3-7-18(17)26)31-24(28-14)32-25-30-19-8-4-5-9-20(19)34-25/h2-13,22H,1H3,(H,29,33)(H2,28,30,31,32). The van der Waals surface area contributed by atoms with Crippen molar-refractivity contribution in [3.63, 3.8) is 0 Å². The molecule has 0 saturated carbocycles. The van der Waals surface area contributed by atoms with Gasteiger partial charge in [0.05, 0.1) is 5.57 Å². The number of halogens is 2. The smallest absolute Gasteiger partial charge is 0.302 e. The van der Waals surface area contributed by atoms with Crippen molar-refractivity contribution in [2.45, 2.75) is 13.0 Å². The first-order chi connectivity index (χ1) is 16.5. The quantitative estimate of drug-likeness (QED) is 0.286. The predicted molar refractivity (Wildman–Crippen MR) is 138 cm³/mol. The molecule has 1 aliphatic rings. The van der Waals surface area contributed by atoms with E-state index in [1.807, 2.05) is 55.5 Å². The average molecular weight is 537 g/mol. The lowest BCUT2D eigenvalue weighted by Crippen LogP contribution is -2.37. The lowest BCUT2D eigenvalue weighted by Gasteiger charge is -2.27. The van der Waals surface area contributed by atoms with Crippen molar-refractivity contribution >= 4 is 62.2 Å². The summed E-state index contributed by atoms with van der Waals surface area (Å²) >= 11 is 9.58. The third-order valence-corrected chi connectivity index (χ3v) is 6.28. The van der Waals surface area contributed by atoms with Crippen molar-refractivity contribution < 1.29 is 9.21 Å². The van der Waals surface area contributed by atoms with E-state index in [0.717, 1.165) is 15.6 Å². The summed E-state index contributed by atoms with van der Waals surface area (Å²) in [4.78, 5) is 22.6. The molecular weight excluding hydrogens is 518 g/mol. The van der Waals surface area contributed by atoms with Crippen LogP contribution in [0.1, 0.15) is 18.5 Å². The van der Waals surface area contributed by atoms with Gasteiger partial charge in [-0.2, -0.15) is 4.98 Å². The minimum absolute atomic E-state index is 0.266. The molecule has 0 radical (unpaired) electrons. The number of aliphatic imine (C=N–C) groups is 1. The Morgan fingerprint density at radius 3 is 2.56 bits per heavy atom. The molecule has 170 valence electrons. The summed E-state index contributed by atoms with van der Waals surface area (Å²) in [5, 5.41) is 9.81. The fourth-order valence-electron chi connectivity index (χ4n) is 3.71. The van der Waals surface area contributed by atoms with Crippen LogP contribution in [0.3, 0.4) is 0 Å². The average Bonchev–Trinajstić information content (AvgIpc) is 3.22. The second-order valence-corrected chi connectivity index (χ2v) is 8.93. The Kier molecular flexibility index (Phi) is 6.08. The van der Waals surface area contributed by atoms with Gasteiger partial charge in [0.1, 0.15) is 11.6 Å². The number of carbonyl (C=O) groups is 1. The number of rotatable bonds is 4. The molecule has 3 aromatic carbocycles. The van der Waals surface area contributed by atoms with Gasteiger partial charge in [-0.1, -0.05) is 57.9 Å². The number of hydrogen-bond donors (Lipinski definition) is 3. The number of nitrogens with one attached hydrogen (secondary N) is 3. The third-order valence-electron chi connectivity index (χ3n) is 5.31. The summed E-state index contributed by atoms with van der Waals surface area (Å²) in [7, 11) is 0. The van der Waals surface area contributed by atoms with E-state index in [-0.39, 0.29) is 5.91 Å². The van der Waals surface area contributed by atoms with Gasteiger partial charge in [-0.15, -0.1) is 0 Å². The zero-order valence-corrected chi connectivity index (χ0v) is 20.3. The monoisotopic (exact) mass is 535 g/mol. The van der Waals surface area contributed by atoms with Gasteiger partial charge in [-0.05, 0) is 55.0 Å². The molecule has 9 heteroatoms. The Morgan fingerprint density at radius 2 is 1.79 bits per heavy atom. The summed E-state index contributed by atoms with van der Waals surface area (Å²) in [6, 6.07) is 21.9. The highest BCUT2D eigenvalue weighted by Gasteiger charge is 2.31. The summed E-state index contributed by atoms with van der Waals surface area (Å²) in [6.07, 6.45) is 0. The van der Waals surface area contributed by atoms with Crippen LogP contribution in [0.2, 0.25) is 5.02 Å². The zero-order chi connectivity index (χ0) is 23.7. The van der Waals surface area contributed by atoms with Crippen LogP contribution in [0.15, 0.2) is 97.9 Å². The molecule has 1 atom stereocenters. The number of anilines is 2. The maximum atomic E-state index is 13.4. The molecular formula is C25H19BrClN5O2. The van der Waals surface area contributed by atoms with Crippen LogP contribution >= 0.6 is 27.5 Å².